The highest BCUT2D eigenvalue weighted by molar-refractivity contribution is 5.91. The maximum Gasteiger partial charge on any atom is 0.279 e. The Morgan fingerprint density at radius 2 is 1.83 bits per heavy atom. The summed E-state index contributed by atoms with van der Waals surface area (Å²) in [5.41, 5.74) is 3.56. The second-order valence-electron chi connectivity index (χ2n) is 6.74. The molecule has 1 atom stereocenters. The van der Waals surface area contributed by atoms with E-state index in [9.17, 15) is 9.18 Å². The Balaban J connectivity index is 1.89. The van der Waals surface area contributed by atoms with E-state index < -0.39 is 5.82 Å². The van der Waals surface area contributed by atoms with Crippen LogP contribution in [0.4, 0.5) is 10.1 Å². The molecule has 2 N–H and O–H groups in total. The minimum Gasteiger partial charge on any atom is -0.326 e. The molecule has 0 fully saturated rings. The number of aryl methyl sites for hydroxylation is 1. The SMILES string of the molecule is Cc1ccc(NC(=O)C[NH+](C)Cc2ccc(C(C)C)cc2)c(F)c1. The molecule has 128 valence electrons. The number of benzene rings is 2. The number of hydrogen-bond donors (Lipinski definition) is 2. The third-order valence-electron chi connectivity index (χ3n) is 4.01. The third-order valence-corrected chi connectivity index (χ3v) is 4.01. The summed E-state index contributed by atoms with van der Waals surface area (Å²) in [5.74, 6) is -0.0707. The van der Waals surface area contributed by atoms with Gasteiger partial charge in [-0.1, -0.05) is 44.2 Å². The number of halogens is 1. The predicted octanol–water partition coefficient (Wildman–Crippen LogP) is 2.91. The minimum atomic E-state index is -0.398. The Morgan fingerprint density at radius 3 is 2.42 bits per heavy atom. The van der Waals surface area contributed by atoms with Gasteiger partial charge in [0, 0.05) is 5.56 Å². The third kappa shape index (κ3) is 5.17. The quantitative estimate of drug-likeness (QED) is 0.839. The first-order chi connectivity index (χ1) is 11.3. The van der Waals surface area contributed by atoms with Crippen LogP contribution in [-0.2, 0) is 11.3 Å². The molecule has 1 unspecified atom stereocenters. The standard InChI is InChI=1S/C20H25FN2O/c1-14(2)17-8-6-16(7-9-17)12-23(4)13-20(24)22-19-10-5-15(3)11-18(19)21/h5-11,14H,12-13H2,1-4H3,(H,22,24)/p+1. The zero-order valence-corrected chi connectivity index (χ0v) is 14.8. The van der Waals surface area contributed by atoms with Gasteiger partial charge >= 0.3 is 0 Å². The fraction of sp³-hybridized carbons (Fsp3) is 0.350. The van der Waals surface area contributed by atoms with Crippen LogP contribution in [0.1, 0.15) is 36.5 Å². The predicted molar refractivity (Wildman–Crippen MR) is 95.8 cm³/mol. The van der Waals surface area contributed by atoms with Crippen molar-refractivity contribution in [1.29, 1.82) is 0 Å². The van der Waals surface area contributed by atoms with Crippen LogP contribution in [0.2, 0.25) is 0 Å². The highest BCUT2D eigenvalue weighted by atomic mass is 19.1. The average Bonchev–Trinajstić information content (AvgIpc) is 2.50. The Labute approximate surface area is 143 Å². The monoisotopic (exact) mass is 329 g/mol. The lowest BCUT2D eigenvalue weighted by Crippen LogP contribution is -3.08. The van der Waals surface area contributed by atoms with Crippen molar-refractivity contribution in [1.82, 2.24) is 0 Å². The number of carbonyl (C=O) groups excluding carboxylic acids is 1. The van der Waals surface area contributed by atoms with E-state index in [0.717, 1.165) is 17.0 Å². The number of quaternary nitrogens is 1. The molecule has 2 rings (SSSR count). The molecule has 0 aliphatic heterocycles. The zero-order valence-electron chi connectivity index (χ0n) is 14.8. The number of likely N-dealkylation sites (N-methyl/N-ethyl adjacent to an activating group) is 1. The molecule has 0 aliphatic rings. The Bertz CT molecular complexity index is 695. The molecule has 2 aromatic rings. The van der Waals surface area contributed by atoms with Gasteiger partial charge in [0.1, 0.15) is 12.4 Å². The first kappa shape index (κ1) is 18.1. The number of carbonyl (C=O) groups is 1. The molecule has 24 heavy (non-hydrogen) atoms. The molecule has 1 amide bonds. The molecule has 0 saturated heterocycles. The van der Waals surface area contributed by atoms with Gasteiger partial charge in [-0.3, -0.25) is 4.79 Å². The summed E-state index contributed by atoms with van der Waals surface area (Å²) >= 11 is 0. The van der Waals surface area contributed by atoms with E-state index in [0.29, 0.717) is 12.5 Å². The fourth-order valence-corrected chi connectivity index (χ4v) is 2.62. The maximum atomic E-state index is 13.8. The summed E-state index contributed by atoms with van der Waals surface area (Å²) in [6.07, 6.45) is 0. The van der Waals surface area contributed by atoms with Gasteiger partial charge in [0.25, 0.3) is 5.91 Å². The summed E-state index contributed by atoms with van der Waals surface area (Å²) < 4.78 is 13.8. The van der Waals surface area contributed by atoms with Crippen molar-refractivity contribution in [3.8, 4) is 0 Å². The molecular formula is C20H26FN2O+. The van der Waals surface area contributed by atoms with E-state index in [1.54, 1.807) is 12.1 Å². The van der Waals surface area contributed by atoms with Crippen molar-refractivity contribution < 1.29 is 14.1 Å². The molecule has 0 bridgehead atoms. The molecule has 3 nitrogen and oxygen atoms in total. The number of rotatable bonds is 6. The molecular weight excluding hydrogens is 303 g/mol. The van der Waals surface area contributed by atoms with Crippen LogP contribution >= 0.6 is 0 Å². The smallest absolute Gasteiger partial charge is 0.279 e. The van der Waals surface area contributed by atoms with Gasteiger partial charge in [0.2, 0.25) is 0 Å². The first-order valence-corrected chi connectivity index (χ1v) is 8.31. The Kier molecular flexibility index (Phi) is 6.10. The summed E-state index contributed by atoms with van der Waals surface area (Å²) in [7, 11) is 1.96. The highest BCUT2D eigenvalue weighted by Crippen LogP contribution is 2.15. The molecule has 0 heterocycles. The molecule has 0 radical (unpaired) electrons. The molecule has 0 aliphatic carbocycles. The van der Waals surface area contributed by atoms with Crippen LogP contribution in [0.15, 0.2) is 42.5 Å². The van der Waals surface area contributed by atoms with E-state index in [-0.39, 0.29) is 11.6 Å². The van der Waals surface area contributed by atoms with Crippen molar-refractivity contribution in [3.05, 3.63) is 65.0 Å². The normalized spacial score (nSPS) is 12.2. The van der Waals surface area contributed by atoms with Gasteiger partial charge in [0.15, 0.2) is 6.54 Å². The van der Waals surface area contributed by atoms with Crippen molar-refractivity contribution in [2.75, 3.05) is 18.9 Å². The van der Waals surface area contributed by atoms with Gasteiger partial charge in [-0.05, 0) is 36.1 Å². The Hall–Kier alpha value is -2.20. The van der Waals surface area contributed by atoms with E-state index in [2.05, 4.69) is 43.4 Å². The number of anilines is 1. The lowest BCUT2D eigenvalue weighted by Gasteiger charge is -2.15. The van der Waals surface area contributed by atoms with Crippen molar-refractivity contribution in [2.45, 2.75) is 33.2 Å². The van der Waals surface area contributed by atoms with E-state index in [4.69, 9.17) is 0 Å². The molecule has 0 spiro atoms. The zero-order chi connectivity index (χ0) is 17.7. The van der Waals surface area contributed by atoms with Crippen LogP contribution in [0.25, 0.3) is 0 Å². The second kappa shape index (κ2) is 8.06. The van der Waals surface area contributed by atoms with Crippen LogP contribution in [0.5, 0.6) is 0 Å². The van der Waals surface area contributed by atoms with E-state index >= 15 is 0 Å². The number of nitrogens with one attached hydrogen (secondary N) is 2. The Morgan fingerprint density at radius 1 is 1.17 bits per heavy atom. The second-order valence-corrected chi connectivity index (χ2v) is 6.74. The molecule has 4 heteroatoms. The van der Waals surface area contributed by atoms with Crippen LogP contribution in [0, 0.1) is 12.7 Å². The lowest BCUT2D eigenvalue weighted by atomic mass is 10.0. The van der Waals surface area contributed by atoms with E-state index in [1.165, 1.54) is 17.2 Å². The van der Waals surface area contributed by atoms with Crippen molar-refractivity contribution in [3.63, 3.8) is 0 Å². The highest BCUT2D eigenvalue weighted by Gasteiger charge is 2.13. The fourth-order valence-electron chi connectivity index (χ4n) is 2.62. The summed E-state index contributed by atoms with van der Waals surface area (Å²) in [6, 6.07) is 13.3. The van der Waals surface area contributed by atoms with E-state index in [1.807, 2.05) is 14.0 Å². The minimum absolute atomic E-state index is 0.186. The van der Waals surface area contributed by atoms with Crippen molar-refractivity contribution >= 4 is 11.6 Å². The van der Waals surface area contributed by atoms with Gasteiger partial charge in [0.05, 0.1) is 12.7 Å². The summed E-state index contributed by atoms with van der Waals surface area (Å²) in [4.78, 5) is 13.1. The molecule has 0 saturated carbocycles. The lowest BCUT2D eigenvalue weighted by molar-refractivity contribution is -0.885. The van der Waals surface area contributed by atoms with Gasteiger partial charge in [-0.25, -0.2) is 4.39 Å². The largest absolute Gasteiger partial charge is 0.326 e. The van der Waals surface area contributed by atoms with Crippen LogP contribution in [-0.4, -0.2) is 19.5 Å². The van der Waals surface area contributed by atoms with Crippen LogP contribution in [0.3, 0.4) is 0 Å². The molecule has 0 aromatic heterocycles. The van der Waals surface area contributed by atoms with Crippen LogP contribution < -0.4 is 10.2 Å². The maximum absolute atomic E-state index is 13.8. The van der Waals surface area contributed by atoms with Crippen molar-refractivity contribution in [2.24, 2.45) is 0 Å². The first-order valence-electron chi connectivity index (χ1n) is 8.31. The average molecular weight is 329 g/mol. The van der Waals surface area contributed by atoms with Gasteiger partial charge in [-0.15, -0.1) is 0 Å². The number of amides is 1. The van der Waals surface area contributed by atoms with Gasteiger partial charge < -0.3 is 10.2 Å². The number of hydrogen-bond acceptors (Lipinski definition) is 1. The topological polar surface area (TPSA) is 33.5 Å². The molecule has 2 aromatic carbocycles. The summed E-state index contributed by atoms with van der Waals surface area (Å²) in [5, 5.41) is 2.64. The van der Waals surface area contributed by atoms with Gasteiger partial charge in [-0.2, -0.15) is 0 Å². The summed E-state index contributed by atoms with van der Waals surface area (Å²) in [6.45, 7) is 7.19.